The molecule has 0 aliphatic carbocycles. The van der Waals surface area contributed by atoms with Gasteiger partial charge in [0.2, 0.25) is 0 Å². The highest BCUT2D eigenvalue weighted by Gasteiger charge is 2.35. The zero-order valence-electron chi connectivity index (χ0n) is 12.2. The Morgan fingerprint density at radius 3 is 2.65 bits per heavy atom. The largest absolute Gasteiger partial charge is 0.481 e. The molecule has 1 aromatic rings. The summed E-state index contributed by atoms with van der Waals surface area (Å²) < 4.78 is 0. The summed E-state index contributed by atoms with van der Waals surface area (Å²) in [4.78, 5) is 25.6. The zero-order chi connectivity index (χ0) is 14.9. The number of likely N-dealkylation sites (tertiary alicyclic amines) is 1. The highest BCUT2D eigenvalue weighted by atomic mass is 16.4. The van der Waals surface area contributed by atoms with Gasteiger partial charge >= 0.3 is 5.97 Å². The van der Waals surface area contributed by atoms with Crippen LogP contribution in [0.2, 0.25) is 0 Å². The minimum absolute atomic E-state index is 0.0512. The summed E-state index contributed by atoms with van der Waals surface area (Å²) >= 11 is 0. The van der Waals surface area contributed by atoms with Gasteiger partial charge in [-0.05, 0) is 45.2 Å². The van der Waals surface area contributed by atoms with Crippen LogP contribution in [-0.2, 0) is 4.79 Å². The van der Waals surface area contributed by atoms with Crippen LogP contribution >= 0.6 is 0 Å². The number of nitrogens with zero attached hydrogens (tertiary/aromatic N) is 1. The molecule has 1 aliphatic heterocycles. The van der Waals surface area contributed by atoms with Gasteiger partial charge in [-0.3, -0.25) is 9.59 Å². The maximum absolute atomic E-state index is 12.7. The number of benzene rings is 1. The highest BCUT2D eigenvalue weighted by molar-refractivity contribution is 5.96. The molecule has 0 saturated carbocycles. The minimum Gasteiger partial charge on any atom is -0.481 e. The number of carboxylic acid groups (broad SMARTS) is 1. The molecule has 1 aromatic carbocycles. The van der Waals surface area contributed by atoms with Gasteiger partial charge in [0.05, 0.1) is 5.92 Å². The molecule has 0 radical (unpaired) electrons. The second kappa shape index (κ2) is 5.65. The van der Waals surface area contributed by atoms with E-state index in [0.717, 1.165) is 17.5 Å². The van der Waals surface area contributed by atoms with E-state index in [9.17, 15) is 14.7 Å². The highest BCUT2D eigenvalue weighted by Crippen LogP contribution is 2.26. The average Bonchev–Trinajstić information content (AvgIpc) is 2.40. The first-order chi connectivity index (χ1) is 9.41. The molecule has 1 aliphatic rings. The molecule has 4 heteroatoms. The molecular weight excluding hydrogens is 254 g/mol. The summed E-state index contributed by atoms with van der Waals surface area (Å²) in [6.07, 6.45) is 1.39. The van der Waals surface area contributed by atoms with Crippen molar-refractivity contribution in [2.45, 2.75) is 39.7 Å². The van der Waals surface area contributed by atoms with Crippen LogP contribution in [0.15, 0.2) is 18.2 Å². The van der Waals surface area contributed by atoms with E-state index in [2.05, 4.69) is 0 Å². The SMILES string of the molecule is Cc1ccc(C)c(C(=O)N2CCC[C@@H](C(=O)O)[C@H]2C)c1. The second-order valence-electron chi connectivity index (χ2n) is 5.64. The van der Waals surface area contributed by atoms with Gasteiger partial charge in [-0.25, -0.2) is 0 Å². The Kier molecular flexibility index (Phi) is 4.12. The topological polar surface area (TPSA) is 57.6 Å². The molecule has 1 fully saturated rings. The van der Waals surface area contributed by atoms with Gasteiger partial charge in [0.1, 0.15) is 0 Å². The summed E-state index contributed by atoms with van der Waals surface area (Å²) in [5.41, 5.74) is 2.66. The number of piperidine rings is 1. The van der Waals surface area contributed by atoms with Gasteiger partial charge < -0.3 is 10.0 Å². The molecule has 0 spiro atoms. The van der Waals surface area contributed by atoms with E-state index in [-0.39, 0.29) is 11.9 Å². The van der Waals surface area contributed by atoms with Crippen LogP contribution in [0.25, 0.3) is 0 Å². The molecule has 0 bridgehead atoms. The monoisotopic (exact) mass is 275 g/mol. The summed E-state index contributed by atoms with van der Waals surface area (Å²) in [7, 11) is 0. The minimum atomic E-state index is -0.809. The molecule has 0 unspecified atom stereocenters. The summed E-state index contributed by atoms with van der Waals surface area (Å²) in [6, 6.07) is 5.54. The van der Waals surface area contributed by atoms with Crippen molar-refractivity contribution in [3.63, 3.8) is 0 Å². The molecule has 2 atom stereocenters. The molecule has 4 nitrogen and oxygen atoms in total. The normalized spacial score (nSPS) is 22.6. The van der Waals surface area contributed by atoms with E-state index in [0.29, 0.717) is 18.5 Å². The molecular formula is C16H21NO3. The Balaban J connectivity index is 2.28. The number of aryl methyl sites for hydroxylation is 2. The number of rotatable bonds is 2. The van der Waals surface area contributed by atoms with Crippen LogP contribution in [0.5, 0.6) is 0 Å². The van der Waals surface area contributed by atoms with E-state index in [1.54, 1.807) is 4.90 Å². The third kappa shape index (κ3) is 2.69. The summed E-state index contributed by atoms with van der Waals surface area (Å²) in [6.45, 7) is 6.34. The summed E-state index contributed by atoms with van der Waals surface area (Å²) in [5.74, 6) is -1.32. The van der Waals surface area contributed by atoms with Crippen molar-refractivity contribution in [2.24, 2.45) is 5.92 Å². The first kappa shape index (κ1) is 14.6. The Labute approximate surface area is 119 Å². The predicted octanol–water partition coefficient (Wildman–Crippen LogP) is 2.63. The molecule has 1 N–H and O–H groups in total. The van der Waals surface area contributed by atoms with Gasteiger partial charge in [-0.15, -0.1) is 0 Å². The van der Waals surface area contributed by atoms with Crippen LogP contribution in [0.1, 0.15) is 41.3 Å². The standard InChI is InChI=1S/C16H21NO3/c1-10-6-7-11(2)14(9-10)15(18)17-8-4-5-13(12(17)3)16(19)20/h6-7,9,12-13H,4-5,8H2,1-3H3,(H,19,20)/t12-,13-/m1/s1. The lowest BCUT2D eigenvalue weighted by atomic mass is 9.89. The Hall–Kier alpha value is -1.84. The predicted molar refractivity (Wildman–Crippen MR) is 76.8 cm³/mol. The Bertz CT molecular complexity index is 539. The van der Waals surface area contributed by atoms with Crippen LogP contribution in [0.4, 0.5) is 0 Å². The van der Waals surface area contributed by atoms with E-state index in [1.165, 1.54) is 0 Å². The molecule has 1 heterocycles. The molecule has 1 saturated heterocycles. The van der Waals surface area contributed by atoms with Gasteiger partial charge in [-0.2, -0.15) is 0 Å². The first-order valence-corrected chi connectivity index (χ1v) is 7.03. The number of carboxylic acids is 1. The third-order valence-electron chi connectivity index (χ3n) is 4.19. The molecule has 20 heavy (non-hydrogen) atoms. The van der Waals surface area contributed by atoms with Gasteiger partial charge in [0.25, 0.3) is 5.91 Å². The van der Waals surface area contributed by atoms with Crippen LogP contribution in [-0.4, -0.2) is 34.5 Å². The number of carbonyl (C=O) groups is 2. The lowest BCUT2D eigenvalue weighted by Crippen LogP contribution is -2.49. The fourth-order valence-electron chi connectivity index (χ4n) is 2.88. The van der Waals surface area contributed by atoms with Gasteiger partial charge in [0.15, 0.2) is 0 Å². The second-order valence-corrected chi connectivity index (χ2v) is 5.64. The van der Waals surface area contributed by atoms with E-state index < -0.39 is 11.9 Å². The Morgan fingerprint density at radius 1 is 1.30 bits per heavy atom. The van der Waals surface area contributed by atoms with Crippen LogP contribution in [0.3, 0.4) is 0 Å². The zero-order valence-corrected chi connectivity index (χ0v) is 12.2. The molecule has 1 amide bonds. The smallest absolute Gasteiger partial charge is 0.308 e. The van der Waals surface area contributed by atoms with Crippen molar-refractivity contribution < 1.29 is 14.7 Å². The number of hydrogen-bond donors (Lipinski definition) is 1. The van der Waals surface area contributed by atoms with Crippen molar-refractivity contribution in [3.05, 3.63) is 34.9 Å². The van der Waals surface area contributed by atoms with E-state index >= 15 is 0 Å². The molecule has 108 valence electrons. The lowest BCUT2D eigenvalue weighted by Gasteiger charge is -2.37. The number of hydrogen-bond acceptors (Lipinski definition) is 2. The quantitative estimate of drug-likeness (QED) is 0.902. The van der Waals surface area contributed by atoms with Crippen LogP contribution in [0, 0.1) is 19.8 Å². The van der Waals surface area contributed by atoms with Crippen molar-refractivity contribution in [3.8, 4) is 0 Å². The first-order valence-electron chi connectivity index (χ1n) is 7.03. The van der Waals surface area contributed by atoms with E-state index in [1.807, 2.05) is 39.0 Å². The number of carbonyl (C=O) groups excluding carboxylic acids is 1. The fraction of sp³-hybridized carbons (Fsp3) is 0.500. The Morgan fingerprint density at radius 2 is 2.00 bits per heavy atom. The molecule has 0 aromatic heterocycles. The van der Waals surface area contributed by atoms with Crippen molar-refractivity contribution in [1.29, 1.82) is 0 Å². The lowest BCUT2D eigenvalue weighted by molar-refractivity contribution is -0.144. The number of aliphatic carboxylic acids is 1. The summed E-state index contributed by atoms with van der Waals surface area (Å²) in [5, 5.41) is 9.24. The van der Waals surface area contributed by atoms with Crippen molar-refractivity contribution in [1.82, 2.24) is 4.90 Å². The van der Waals surface area contributed by atoms with Gasteiger partial charge in [-0.1, -0.05) is 17.7 Å². The average molecular weight is 275 g/mol. The van der Waals surface area contributed by atoms with Crippen molar-refractivity contribution >= 4 is 11.9 Å². The maximum atomic E-state index is 12.7. The number of amides is 1. The maximum Gasteiger partial charge on any atom is 0.308 e. The van der Waals surface area contributed by atoms with Gasteiger partial charge in [0, 0.05) is 18.2 Å². The fourth-order valence-corrected chi connectivity index (χ4v) is 2.88. The van der Waals surface area contributed by atoms with E-state index in [4.69, 9.17) is 0 Å². The van der Waals surface area contributed by atoms with Crippen LogP contribution < -0.4 is 0 Å². The van der Waals surface area contributed by atoms with Crippen molar-refractivity contribution in [2.75, 3.05) is 6.54 Å². The third-order valence-corrected chi connectivity index (χ3v) is 4.19. The molecule has 2 rings (SSSR count).